The van der Waals surface area contributed by atoms with Crippen LogP contribution in [0.1, 0.15) is 12.8 Å². The van der Waals surface area contributed by atoms with Gasteiger partial charge in [-0.3, -0.25) is 0 Å². The van der Waals surface area contributed by atoms with Crippen molar-refractivity contribution >= 4 is 34.6 Å². The van der Waals surface area contributed by atoms with E-state index in [0.717, 1.165) is 0 Å². The number of alkyl halides is 3. The minimum absolute atomic E-state index is 0.0411. The highest BCUT2D eigenvalue weighted by Crippen LogP contribution is 2.33. The number of hydrogen-bond acceptors (Lipinski definition) is 2. The molecule has 3 N–H and O–H groups in total. The maximum absolute atomic E-state index is 11.9. The zero-order valence-electron chi connectivity index (χ0n) is 8.74. The first kappa shape index (κ1) is 14.3. The molecule has 17 heavy (non-hydrogen) atoms. The van der Waals surface area contributed by atoms with Crippen molar-refractivity contribution in [2.24, 2.45) is 0 Å². The van der Waals surface area contributed by atoms with Crippen molar-refractivity contribution in [2.75, 3.05) is 17.6 Å². The van der Waals surface area contributed by atoms with Gasteiger partial charge in [0.05, 0.1) is 15.7 Å². The monoisotopic (exact) mass is 286 g/mol. The standard InChI is InChI=1S/C10H11Cl2F3N2/c11-7-4-6(16)5-8(12)9(7)17-3-1-2-10(13,14)15/h4-5,17H,1-3,16H2. The van der Waals surface area contributed by atoms with E-state index in [2.05, 4.69) is 5.32 Å². The number of halogens is 5. The Morgan fingerprint density at radius 2 is 1.71 bits per heavy atom. The predicted octanol–water partition coefficient (Wildman–Crippen LogP) is 4.33. The Balaban J connectivity index is 2.53. The van der Waals surface area contributed by atoms with Crippen LogP contribution in [0.5, 0.6) is 0 Å². The number of benzene rings is 1. The third kappa shape index (κ3) is 4.91. The third-order valence-corrected chi connectivity index (χ3v) is 2.60. The fraction of sp³-hybridized carbons (Fsp3) is 0.400. The van der Waals surface area contributed by atoms with Crippen LogP contribution in [-0.4, -0.2) is 12.7 Å². The van der Waals surface area contributed by atoms with Crippen molar-refractivity contribution in [1.82, 2.24) is 0 Å². The largest absolute Gasteiger partial charge is 0.399 e. The summed E-state index contributed by atoms with van der Waals surface area (Å²) in [5.41, 5.74) is 6.31. The Labute approximate surface area is 107 Å². The molecule has 0 bridgehead atoms. The lowest BCUT2D eigenvalue weighted by atomic mass is 10.2. The van der Waals surface area contributed by atoms with Crippen molar-refractivity contribution in [1.29, 1.82) is 0 Å². The second-order valence-corrected chi connectivity index (χ2v) is 4.32. The summed E-state index contributed by atoms with van der Waals surface area (Å²) < 4.78 is 35.7. The molecule has 0 amide bonds. The summed E-state index contributed by atoms with van der Waals surface area (Å²) in [5.74, 6) is 0. The number of anilines is 2. The van der Waals surface area contributed by atoms with Crippen LogP contribution in [0, 0.1) is 0 Å². The maximum atomic E-state index is 11.9. The van der Waals surface area contributed by atoms with Crippen molar-refractivity contribution in [3.05, 3.63) is 22.2 Å². The first-order chi connectivity index (χ1) is 7.79. The van der Waals surface area contributed by atoms with E-state index in [1.165, 1.54) is 12.1 Å². The Kier molecular flexibility index (Phi) is 4.77. The molecule has 0 aliphatic carbocycles. The van der Waals surface area contributed by atoms with Crippen LogP contribution in [0.15, 0.2) is 12.1 Å². The van der Waals surface area contributed by atoms with Crippen molar-refractivity contribution in [2.45, 2.75) is 19.0 Å². The zero-order chi connectivity index (χ0) is 13.1. The molecule has 0 fully saturated rings. The lowest BCUT2D eigenvalue weighted by Gasteiger charge is -2.12. The minimum Gasteiger partial charge on any atom is -0.399 e. The normalized spacial score (nSPS) is 11.6. The van der Waals surface area contributed by atoms with Crippen molar-refractivity contribution in [3.8, 4) is 0 Å². The molecule has 0 unspecified atom stereocenters. The van der Waals surface area contributed by atoms with Gasteiger partial charge in [-0.25, -0.2) is 0 Å². The number of nitrogen functional groups attached to an aromatic ring is 1. The summed E-state index contributed by atoms with van der Waals surface area (Å²) in [7, 11) is 0. The summed E-state index contributed by atoms with van der Waals surface area (Å²) in [6.45, 7) is 0.142. The van der Waals surface area contributed by atoms with Gasteiger partial charge < -0.3 is 11.1 Å². The van der Waals surface area contributed by atoms with Crippen LogP contribution < -0.4 is 11.1 Å². The SMILES string of the molecule is Nc1cc(Cl)c(NCCCC(F)(F)F)c(Cl)c1. The van der Waals surface area contributed by atoms with Gasteiger partial charge in [0.25, 0.3) is 0 Å². The van der Waals surface area contributed by atoms with Gasteiger partial charge in [-0.1, -0.05) is 23.2 Å². The van der Waals surface area contributed by atoms with Crippen LogP contribution in [0.3, 0.4) is 0 Å². The number of hydrogen-bond donors (Lipinski definition) is 2. The Hall–Kier alpha value is -0.810. The molecule has 0 aliphatic rings. The molecular formula is C10H11Cl2F3N2. The highest BCUT2D eigenvalue weighted by molar-refractivity contribution is 6.39. The second kappa shape index (κ2) is 5.69. The fourth-order valence-electron chi connectivity index (χ4n) is 1.26. The summed E-state index contributed by atoms with van der Waals surface area (Å²) >= 11 is 11.7. The van der Waals surface area contributed by atoms with Gasteiger partial charge in [-0.05, 0) is 18.6 Å². The van der Waals surface area contributed by atoms with E-state index < -0.39 is 12.6 Å². The third-order valence-electron chi connectivity index (χ3n) is 2.00. The average molecular weight is 287 g/mol. The summed E-state index contributed by atoms with van der Waals surface area (Å²) in [4.78, 5) is 0. The summed E-state index contributed by atoms with van der Waals surface area (Å²) in [6, 6.07) is 2.97. The van der Waals surface area contributed by atoms with Gasteiger partial charge in [0.1, 0.15) is 0 Å². The van der Waals surface area contributed by atoms with E-state index >= 15 is 0 Å². The molecule has 1 rings (SSSR count). The molecule has 0 saturated heterocycles. The van der Waals surface area contributed by atoms with E-state index in [0.29, 0.717) is 21.4 Å². The van der Waals surface area contributed by atoms with Gasteiger partial charge in [-0.15, -0.1) is 0 Å². The molecule has 1 aromatic rings. The summed E-state index contributed by atoms with van der Waals surface area (Å²) in [6.07, 6.45) is -5.03. The lowest BCUT2D eigenvalue weighted by Crippen LogP contribution is -2.11. The molecule has 0 saturated carbocycles. The summed E-state index contributed by atoms with van der Waals surface area (Å²) in [5, 5.41) is 3.35. The second-order valence-electron chi connectivity index (χ2n) is 3.51. The topological polar surface area (TPSA) is 38.0 Å². The highest BCUT2D eigenvalue weighted by atomic mass is 35.5. The number of nitrogens with two attached hydrogens (primary N) is 1. The molecule has 0 aromatic heterocycles. The Morgan fingerprint density at radius 3 is 2.18 bits per heavy atom. The smallest absolute Gasteiger partial charge is 0.389 e. The number of rotatable bonds is 4. The Morgan fingerprint density at radius 1 is 1.18 bits per heavy atom. The molecule has 1 aromatic carbocycles. The molecule has 0 heterocycles. The molecule has 7 heteroatoms. The van der Waals surface area contributed by atoms with Gasteiger partial charge in [0.15, 0.2) is 0 Å². The molecule has 0 radical (unpaired) electrons. The van der Waals surface area contributed by atoms with E-state index in [9.17, 15) is 13.2 Å². The van der Waals surface area contributed by atoms with Gasteiger partial charge in [0.2, 0.25) is 0 Å². The molecule has 0 aliphatic heterocycles. The van der Waals surface area contributed by atoms with Gasteiger partial charge in [0, 0.05) is 18.7 Å². The zero-order valence-corrected chi connectivity index (χ0v) is 10.3. The van der Waals surface area contributed by atoms with E-state index in [-0.39, 0.29) is 13.0 Å². The van der Waals surface area contributed by atoms with Gasteiger partial charge >= 0.3 is 6.18 Å². The quantitative estimate of drug-likeness (QED) is 0.639. The molecule has 96 valence electrons. The molecular weight excluding hydrogens is 276 g/mol. The maximum Gasteiger partial charge on any atom is 0.389 e. The minimum atomic E-state index is -4.14. The van der Waals surface area contributed by atoms with Crippen LogP contribution in [-0.2, 0) is 0 Å². The fourth-order valence-corrected chi connectivity index (χ4v) is 1.90. The van der Waals surface area contributed by atoms with E-state index in [1.807, 2.05) is 0 Å². The first-order valence-electron chi connectivity index (χ1n) is 4.85. The van der Waals surface area contributed by atoms with Crippen molar-refractivity contribution in [3.63, 3.8) is 0 Å². The van der Waals surface area contributed by atoms with Crippen LogP contribution in [0.2, 0.25) is 10.0 Å². The van der Waals surface area contributed by atoms with E-state index in [4.69, 9.17) is 28.9 Å². The van der Waals surface area contributed by atoms with Crippen LogP contribution in [0.4, 0.5) is 24.5 Å². The van der Waals surface area contributed by atoms with Crippen LogP contribution >= 0.6 is 23.2 Å². The van der Waals surface area contributed by atoms with Crippen molar-refractivity contribution < 1.29 is 13.2 Å². The average Bonchev–Trinajstić information content (AvgIpc) is 2.13. The van der Waals surface area contributed by atoms with E-state index in [1.54, 1.807) is 0 Å². The highest BCUT2D eigenvalue weighted by Gasteiger charge is 2.25. The Bertz CT molecular complexity index is 371. The predicted molar refractivity (Wildman–Crippen MR) is 64.7 cm³/mol. The van der Waals surface area contributed by atoms with Crippen LogP contribution in [0.25, 0.3) is 0 Å². The van der Waals surface area contributed by atoms with Gasteiger partial charge in [-0.2, -0.15) is 13.2 Å². The first-order valence-corrected chi connectivity index (χ1v) is 5.60. The molecule has 2 nitrogen and oxygen atoms in total. The molecule has 0 spiro atoms. The number of nitrogens with one attached hydrogen (secondary N) is 1. The molecule has 0 atom stereocenters. The lowest BCUT2D eigenvalue weighted by molar-refractivity contribution is -0.134.